The van der Waals surface area contributed by atoms with Gasteiger partial charge in [-0.25, -0.2) is 9.79 Å². The average molecular weight is 831 g/mol. The van der Waals surface area contributed by atoms with Crippen LogP contribution in [0.25, 0.3) is 6.08 Å². The molecule has 0 radical (unpaired) electrons. The second kappa shape index (κ2) is 13.0. The first-order valence-corrected chi connectivity index (χ1v) is 16.2. The third-order valence-corrected chi connectivity index (χ3v) is 9.56. The number of ether oxygens (including phenoxy) is 2. The third kappa shape index (κ3) is 6.43. The zero-order valence-corrected chi connectivity index (χ0v) is 28.4. The second-order valence-corrected chi connectivity index (χ2v) is 13.2. The van der Waals surface area contributed by atoms with E-state index in [4.69, 9.17) is 32.7 Å². The zero-order chi connectivity index (χ0) is 29.3. The first-order chi connectivity index (χ1) is 19.7. The molecule has 0 bridgehead atoms. The van der Waals surface area contributed by atoms with Crippen molar-refractivity contribution in [2.24, 2.45) is 4.99 Å². The average Bonchev–Trinajstić information content (AvgIpc) is 3.23. The van der Waals surface area contributed by atoms with Crippen LogP contribution in [0.4, 0.5) is 0 Å². The smallest absolute Gasteiger partial charge is 0.338 e. The van der Waals surface area contributed by atoms with Gasteiger partial charge in [0.1, 0.15) is 12.4 Å². The Morgan fingerprint density at radius 2 is 1.78 bits per heavy atom. The number of carbonyl (C=O) groups is 1. The number of hydrogen-bond acceptors (Lipinski definition) is 6. The van der Waals surface area contributed by atoms with Crippen LogP contribution in [0, 0.1) is 7.14 Å². The second-order valence-electron chi connectivity index (χ2n) is 9.05. The number of aromatic nitrogens is 1. The van der Waals surface area contributed by atoms with E-state index in [2.05, 4.69) is 50.2 Å². The maximum atomic E-state index is 13.9. The van der Waals surface area contributed by atoms with Gasteiger partial charge in [-0.2, -0.15) is 0 Å². The lowest BCUT2D eigenvalue weighted by Crippen LogP contribution is -2.39. The Labute approximate surface area is 277 Å². The van der Waals surface area contributed by atoms with E-state index in [-0.39, 0.29) is 12.2 Å². The Morgan fingerprint density at radius 1 is 1.10 bits per heavy atom. The van der Waals surface area contributed by atoms with Crippen molar-refractivity contribution < 1.29 is 14.3 Å². The predicted octanol–water partition coefficient (Wildman–Crippen LogP) is 6.89. The molecule has 0 aliphatic carbocycles. The first-order valence-electron chi connectivity index (χ1n) is 12.5. The fourth-order valence-electron chi connectivity index (χ4n) is 4.47. The van der Waals surface area contributed by atoms with Gasteiger partial charge in [0.25, 0.3) is 5.56 Å². The summed E-state index contributed by atoms with van der Waals surface area (Å²) in [6, 6.07) is 17.9. The first kappa shape index (κ1) is 30.3. The Hall–Kier alpha value is -2.19. The molecule has 41 heavy (non-hydrogen) atoms. The number of allylic oxidation sites excluding steroid dienone is 1. The van der Waals surface area contributed by atoms with Crippen molar-refractivity contribution in [3.8, 4) is 5.75 Å². The number of hydrogen-bond donors (Lipinski definition) is 0. The minimum absolute atomic E-state index is 0.211. The number of halogens is 4. The molecule has 5 rings (SSSR count). The molecule has 0 saturated heterocycles. The van der Waals surface area contributed by atoms with Crippen molar-refractivity contribution in [1.29, 1.82) is 0 Å². The Balaban J connectivity index is 1.56. The van der Waals surface area contributed by atoms with Crippen LogP contribution >= 0.6 is 79.7 Å². The number of carbonyl (C=O) groups excluding carboxylic acids is 1. The molecule has 1 aromatic heterocycles. The van der Waals surface area contributed by atoms with Crippen LogP contribution in [0.3, 0.4) is 0 Å². The third-order valence-electron chi connectivity index (χ3n) is 6.35. The van der Waals surface area contributed by atoms with E-state index < -0.39 is 12.0 Å². The summed E-state index contributed by atoms with van der Waals surface area (Å²) in [5, 5.41) is 1.21. The van der Waals surface area contributed by atoms with Gasteiger partial charge in [-0.05, 0) is 107 Å². The molecule has 2 heterocycles. The number of thiazole rings is 1. The number of benzene rings is 3. The number of esters is 1. The summed E-state index contributed by atoms with van der Waals surface area (Å²) in [5.74, 6) is 0.252. The van der Waals surface area contributed by atoms with E-state index in [1.165, 1.54) is 11.3 Å². The summed E-state index contributed by atoms with van der Waals surface area (Å²) >= 11 is 18.2. The van der Waals surface area contributed by atoms with E-state index in [1.807, 2.05) is 54.6 Å². The maximum Gasteiger partial charge on any atom is 0.338 e. The summed E-state index contributed by atoms with van der Waals surface area (Å²) in [6.45, 7) is 4.06. The van der Waals surface area contributed by atoms with Gasteiger partial charge in [-0.15, -0.1) is 0 Å². The van der Waals surface area contributed by atoms with E-state index in [0.717, 1.165) is 29.6 Å². The van der Waals surface area contributed by atoms with Gasteiger partial charge < -0.3 is 9.47 Å². The van der Waals surface area contributed by atoms with Crippen LogP contribution < -0.4 is 19.6 Å². The molecule has 0 N–H and O–H groups in total. The van der Waals surface area contributed by atoms with Crippen molar-refractivity contribution in [2.75, 3.05) is 6.61 Å². The van der Waals surface area contributed by atoms with Crippen LogP contribution in [0.5, 0.6) is 5.75 Å². The topological polar surface area (TPSA) is 69.9 Å². The maximum absolute atomic E-state index is 13.9. The lowest BCUT2D eigenvalue weighted by atomic mass is 9.96. The lowest BCUT2D eigenvalue weighted by molar-refractivity contribution is -0.139. The highest BCUT2D eigenvalue weighted by atomic mass is 127. The molecular formula is C30H22Cl2I2N2O4S. The van der Waals surface area contributed by atoms with Crippen LogP contribution in [-0.2, 0) is 16.1 Å². The summed E-state index contributed by atoms with van der Waals surface area (Å²) in [7, 11) is 0. The zero-order valence-electron chi connectivity index (χ0n) is 21.8. The molecule has 210 valence electrons. The van der Waals surface area contributed by atoms with Crippen LogP contribution in [0.2, 0.25) is 10.0 Å². The molecule has 3 aromatic carbocycles. The molecule has 1 atom stereocenters. The molecular weight excluding hydrogens is 809 g/mol. The van der Waals surface area contributed by atoms with Crippen molar-refractivity contribution in [3.63, 3.8) is 0 Å². The summed E-state index contributed by atoms with van der Waals surface area (Å²) in [5.41, 5.74) is 3.09. The molecule has 0 saturated carbocycles. The van der Waals surface area contributed by atoms with Gasteiger partial charge in [0.15, 0.2) is 4.80 Å². The van der Waals surface area contributed by atoms with Gasteiger partial charge in [-0.3, -0.25) is 9.36 Å². The molecule has 0 unspecified atom stereocenters. The highest BCUT2D eigenvalue weighted by molar-refractivity contribution is 14.1. The van der Waals surface area contributed by atoms with E-state index >= 15 is 0 Å². The van der Waals surface area contributed by atoms with E-state index in [9.17, 15) is 9.59 Å². The fraction of sp³-hybridized carbons (Fsp3) is 0.167. The number of nitrogens with zero attached hydrogens (tertiary/aromatic N) is 2. The predicted molar refractivity (Wildman–Crippen MR) is 180 cm³/mol. The van der Waals surface area contributed by atoms with Crippen LogP contribution in [0.15, 0.2) is 81.7 Å². The van der Waals surface area contributed by atoms with Gasteiger partial charge in [-0.1, -0.05) is 64.9 Å². The SMILES string of the molecule is CCOC(=O)C1=C(C)N=c2s/c(=C/c3cc(I)c(OCc4ccccc4Cl)c(I)c3)c(=O)n2[C@H]1c1ccc(Cl)cc1. The van der Waals surface area contributed by atoms with Crippen molar-refractivity contribution >= 4 is 91.8 Å². The van der Waals surface area contributed by atoms with Crippen LogP contribution in [0.1, 0.15) is 36.6 Å². The molecule has 0 fully saturated rings. The Bertz CT molecular complexity index is 1840. The molecule has 6 nitrogen and oxygen atoms in total. The molecule has 1 aliphatic rings. The Morgan fingerprint density at radius 3 is 2.44 bits per heavy atom. The largest absolute Gasteiger partial charge is 0.487 e. The molecule has 4 aromatic rings. The summed E-state index contributed by atoms with van der Waals surface area (Å²) < 4.78 is 15.3. The van der Waals surface area contributed by atoms with Gasteiger partial charge in [0.05, 0.1) is 35.6 Å². The monoisotopic (exact) mass is 830 g/mol. The number of fused-ring (bicyclic) bond motifs is 1. The summed E-state index contributed by atoms with van der Waals surface area (Å²) in [6.07, 6.45) is 1.84. The molecule has 0 amide bonds. The fourth-order valence-corrected chi connectivity index (χ4v) is 7.96. The standard InChI is InChI=1S/C30H22Cl2I2N2O4S/c1-3-39-29(38)25-16(2)35-30-36(26(25)18-8-10-20(31)11-9-18)28(37)24(41-30)14-17-12-22(33)27(23(34)13-17)40-15-19-6-4-5-7-21(19)32/h4-14,26H,3,15H2,1-2H3/b24-14+/t26-/m0/s1. The van der Waals surface area contributed by atoms with E-state index in [1.54, 1.807) is 30.5 Å². The van der Waals surface area contributed by atoms with Gasteiger partial charge in [0.2, 0.25) is 0 Å². The van der Waals surface area contributed by atoms with Crippen LogP contribution in [-0.4, -0.2) is 17.1 Å². The summed E-state index contributed by atoms with van der Waals surface area (Å²) in [4.78, 5) is 32.1. The van der Waals surface area contributed by atoms with Gasteiger partial charge >= 0.3 is 5.97 Å². The van der Waals surface area contributed by atoms with Crippen molar-refractivity contribution in [2.45, 2.75) is 26.5 Å². The number of rotatable bonds is 7. The highest BCUT2D eigenvalue weighted by Gasteiger charge is 2.33. The molecule has 11 heteroatoms. The minimum Gasteiger partial charge on any atom is -0.487 e. The lowest BCUT2D eigenvalue weighted by Gasteiger charge is -2.24. The van der Waals surface area contributed by atoms with Crippen molar-refractivity contribution in [1.82, 2.24) is 4.57 Å². The Kier molecular flexibility index (Phi) is 9.59. The van der Waals surface area contributed by atoms with E-state index in [0.29, 0.717) is 37.3 Å². The molecule has 0 spiro atoms. The van der Waals surface area contributed by atoms with Crippen molar-refractivity contribution in [3.05, 3.63) is 125 Å². The quantitative estimate of drug-likeness (QED) is 0.150. The normalized spacial score (nSPS) is 15.0. The molecule has 1 aliphatic heterocycles. The van der Waals surface area contributed by atoms with Gasteiger partial charge in [0, 0.05) is 15.6 Å². The minimum atomic E-state index is -0.689. The highest BCUT2D eigenvalue weighted by Crippen LogP contribution is 2.32.